The Labute approximate surface area is 205 Å². The van der Waals surface area contributed by atoms with Crippen LogP contribution in [0.25, 0.3) is 6.08 Å². The van der Waals surface area contributed by atoms with Gasteiger partial charge in [-0.3, -0.25) is 4.79 Å². The Balaban J connectivity index is 1.47. The molecule has 0 bridgehead atoms. The molecular weight excluding hydrogens is 443 g/mol. The van der Waals surface area contributed by atoms with E-state index in [-0.39, 0.29) is 6.42 Å². The van der Waals surface area contributed by atoms with Gasteiger partial charge in [0.1, 0.15) is 12.1 Å². The number of benzene rings is 1. The first-order valence-electron chi connectivity index (χ1n) is 11.7. The average molecular weight is 473 g/mol. The maximum atomic E-state index is 13.5. The van der Waals surface area contributed by atoms with Crippen LogP contribution in [0.2, 0.25) is 0 Å². The summed E-state index contributed by atoms with van der Waals surface area (Å²) in [5, 5.41) is 9.25. The van der Waals surface area contributed by atoms with Crippen molar-refractivity contribution in [3.63, 3.8) is 0 Å². The van der Waals surface area contributed by atoms with Crippen molar-refractivity contribution < 1.29 is 9.18 Å². The molecule has 0 radical (unpaired) electrons. The van der Waals surface area contributed by atoms with Crippen LogP contribution in [0.3, 0.4) is 0 Å². The summed E-state index contributed by atoms with van der Waals surface area (Å²) in [5.41, 5.74) is 4.40. The third-order valence-corrected chi connectivity index (χ3v) is 6.51. The molecule has 1 saturated heterocycles. The Morgan fingerprint density at radius 1 is 1.26 bits per heavy atom. The number of fused-ring (bicyclic) bond motifs is 1. The number of piperazine rings is 1. The van der Waals surface area contributed by atoms with E-state index in [4.69, 9.17) is 0 Å². The van der Waals surface area contributed by atoms with Gasteiger partial charge in [-0.25, -0.2) is 14.4 Å². The molecular formula is C27H29FN6O. The topological polar surface area (TPSA) is 76.4 Å². The molecule has 2 aromatic rings. The van der Waals surface area contributed by atoms with Crippen LogP contribution in [0.15, 0.2) is 66.9 Å². The van der Waals surface area contributed by atoms with E-state index in [9.17, 15) is 14.4 Å². The van der Waals surface area contributed by atoms with E-state index in [1.54, 1.807) is 6.33 Å². The van der Waals surface area contributed by atoms with E-state index in [1.807, 2.05) is 18.2 Å². The van der Waals surface area contributed by atoms with E-state index < -0.39 is 17.8 Å². The van der Waals surface area contributed by atoms with Gasteiger partial charge < -0.3 is 14.7 Å². The van der Waals surface area contributed by atoms with E-state index in [2.05, 4.69) is 69.7 Å². The van der Waals surface area contributed by atoms with Crippen molar-refractivity contribution in [2.45, 2.75) is 32.4 Å². The highest BCUT2D eigenvalue weighted by Crippen LogP contribution is 2.29. The average Bonchev–Trinajstić information content (AvgIpc) is 2.88. The molecule has 2 aliphatic heterocycles. The predicted molar refractivity (Wildman–Crippen MR) is 134 cm³/mol. The van der Waals surface area contributed by atoms with Crippen LogP contribution >= 0.6 is 0 Å². The lowest BCUT2D eigenvalue weighted by atomic mass is 10.0. The summed E-state index contributed by atoms with van der Waals surface area (Å²) < 4.78 is 13.5. The molecule has 0 spiro atoms. The fraction of sp³-hybridized carbons (Fsp3) is 0.333. The summed E-state index contributed by atoms with van der Waals surface area (Å²) in [6.07, 6.45) is 8.75. The molecule has 0 N–H and O–H groups in total. The first-order valence-corrected chi connectivity index (χ1v) is 11.7. The molecule has 1 amide bonds. The highest BCUT2D eigenvalue weighted by Gasteiger charge is 2.34. The largest absolute Gasteiger partial charge is 0.369 e. The van der Waals surface area contributed by atoms with Gasteiger partial charge in [-0.05, 0) is 25.0 Å². The molecule has 0 aliphatic carbocycles. The number of carbonyl (C=O) groups excluding carboxylic acids is 1. The molecule has 1 fully saturated rings. The third-order valence-electron chi connectivity index (χ3n) is 6.51. The minimum absolute atomic E-state index is 0.122. The second kappa shape index (κ2) is 11.0. The zero-order valence-corrected chi connectivity index (χ0v) is 19.9. The van der Waals surface area contributed by atoms with Crippen LogP contribution < -0.4 is 4.90 Å². The predicted octanol–water partition coefficient (Wildman–Crippen LogP) is 3.87. The summed E-state index contributed by atoms with van der Waals surface area (Å²) in [6, 6.07) is 11.9. The first-order chi connectivity index (χ1) is 17.0. The molecule has 180 valence electrons. The summed E-state index contributed by atoms with van der Waals surface area (Å²) >= 11 is 0. The molecule has 4 rings (SSSR count). The van der Waals surface area contributed by atoms with Crippen LogP contribution in [-0.4, -0.2) is 57.9 Å². The number of hydrogen-bond donors (Lipinski definition) is 0. The van der Waals surface area contributed by atoms with Crippen molar-refractivity contribution in [1.82, 2.24) is 19.8 Å². The lowest BCUT2D eigenvalue weighted by molar-refractivity contribution is -0.131. The van der Waals surface area contributed by atoms with Gasteiger partial charge in [-0.15, -0.1) is 0 Å². The van der Waals surface area contributed by atoms with Crippen LogP contribution in [0, 0.1) is 11.3 Å². The van der Waals surface area contributed by atoms with Crippen LogP contribution in [0.4, 0.5) is 10.2 Å². The Bertz CT molecular complexity index is 1190. The molecule has 1 aromatic carbocycles. The van der Waals surface area contributed by atoms with Gasteiger partial charge in [-0.2, -0.15) is 5.26 Å². The van der Waals surface area contributed by atoms with E-state index in [0.29, 0.717) is 26.2 Å². The second-order valence-corrected chi connectivity index (χ2v) is 8.74. The molecule has 35 heavy (non-hydrogen) atoms. The van der Waals surface area contributed by atoms with Gasteiger partial charge in [-0.1, -0.05) is 49.1 Å². The second-order valence-electron chi connectivity index (χ2n) is 8.74. The molecule has 1 aromatic heterocycles. The van der Waals surface area contributed by atoms with Gasteiger partial charge in [0.15, 0.2) is 5.83 Å². The van der Waals surface area contributed by atoms with Gasteiger partial charge in [0.05, 0.1) is 30.8 Å². The monoisotopic (exact) mass is 472 g/mol. The Morgan fingerprint density at radius 2 is 2.06 bits per heavy atom. The zero-order valence-electron chi connectivity index (χ0n) is 19.9. The van der Waals surface area contributed by atoms with E-state index in [0.717, 1.165) is 41.3 Å². The lowest BCUT2D eigenvalue weighted by Gasteiger charge is -2.42. The number of aromatic nitrogens is 2. The number of carbonyl (C=O) groups is 1. The normalized spacial score (nSPS) is 18.4. The highest BCUT2D eigenvalue weighted by molar-refractivity contribution is 5.91. The summed E-state index contributed by atoms with van der Waals surface area (Å²) in [7, 11) is 0. The van der Waals surface area contributed by atoms with Gasteiger partial charge in [0.25, 0.3) is 5.91 Å². The molecule has 0 saturated carbocycles. The van der Waals surface area contributed by atoms with Crippen molar-refractivity contribution in [3.05, 3.63) is 83.7 Å². The van der Waals surface area contributed by atoms with Crippen LogP contribution in [0.1, 0.15) is 30.2 Å². The van der Waals surface area contributed by atoms with Crippen molar-refractivity contribution in [2.75, 3.05) is 31.1 Å². The SMILES string of the molecule is C=C(F)C(=O)N1CCN(c2ncnc3c2CCN(/C(C)=C/C=C\c2ccccc2)C3)C[C@@H]1CC#N. The van der Waals surface area contributed by atoms with Gasteiger partial charge in [0.2, 0.25) is 0 Å². The Hall–Kier alpha value is -3.99. The zero-order chi connectivity index (χ0) is 24.8. The maximum absolute atomic E-state index is 13.5. The number of nitriles is 1. The first kappa shape index (κ1) is 24.1. The molecule has 7 nitrogen and oxygen atoms in total. The number of rotatable bonds is 6. The van der Waals surface area contributed by atoms with Crippen LogP contribution in [-0.2, 0) is 17.8 Å². The Kier molecular flexibility index (Phi) is 7.56. The number of nitrogens with zero attached hydrogens (tertiary/aromatic N) is 6. The number of anilines is 1. The number of halogens is 1. The molecule has 8 heteroatoms. The maximum Gasteiger partial charge on any atom is 0.282 e. The lowest BCUT2D eigenvalue weighted by Crippen LogP contribution is -2.55. The van der Waals surface area contributed by atoms with Gasteiger partial charge >= 0.3 is 0 Å². The Morgan fingerprint density at radius 3 is 2.80 bits per heavy atom. The molecule has 0 unspecified atom stereocenters. The van der Waals surface area contributed by atoms with Crippen molar-refractivity contribution in [3.8, 4) is 6.07 Å². The van der Waals surface area contributed by atoms with Crippen molar-refractivity contribution in [2.24, 2.45) is 0 Å². The minimum atomic E-state index is -0.997. The van der Waals surface area contributed by atoms with Crippen molar-refractivity contribution in [1.29, 1.82) is 5.26 Å². The fourth-order valence-corrected chi connectivity index (χ4v) is 4.63. The number of amides is 1. The fourth-order valence-electron chi connectivity index (χ4n) is 4.63. The molecule has 1 atom stereocenters. The molecule has 3 heterocycles. The quantitative estimate of drug-likeness (QED) is 0.469. The summed E-state index contributed by atoms with van der Waals surface area (Å²) in [6.45, 7) is 8.00. The number of allylic oxidation sites excluding steroid dienone is 3. The van der Waals surface area contributed by atoms with Gasteiger partial charge in [0, 0.05) is 37.4 Å². The van der Waals surface area contributed by atoms with Crippen molar-refractivity contribution >= 4 is 17.8 Å². The highest BCUT2D eigenvalue weighted by atomic mass is 19.1. The standard InChI is InChI=1S/C27H29FN6O/c1-20(7-6-10-22-8-4-3-5-9-22)32-14-12-24-25(18-32)30-19-31-26(24)33-15-16-34(27(35)21(2)28)23(17-33)11-13-29/h3-10,19,23H,2,11-12,14-18H2,1H3/b10-6-,20-7+/t23-/m0/s1. The minimum Gasteiger partial charge on any atom is -0.369 e. The summed E-state index contributed by atoms with van der Waals surface area (Å²) in [4.78, 5) is 27.1. The molecule has 2 aliphatic rings. The van der Waals surface area contributed by atoms with Crippen LogP contribution in [0.5, 0.6) is 0 Å². The summed E-state index contributed by atoms with van der Waals surface area (Å²) in [5.74, 6) is -0.897. The third kappa shape index (κ3) is 5.57. The number of hydrogen-bond acceptors (Lipinski definition) is 6. The van der Waals surface area contributed by atoms with E-state index >= 15 is 0 Å². The smallest absolute Gasteiger partial charge is 0.282 e. The van der Waals surface area contributed by atoms with E-state index in [1.165, 1.54) is 4.90 Å².